The molecule has 0 aromatic heterocycles. The molecular formula is C30H32N2O7. The summed E-state index contributed by atoms with van der Waals surface area (Å²) in [6, 6.07) is 14.7. The predicted octanol–water partition coefficient (Wildman–Crippen LogP) is 4.37. The maximum Gasteiger partial charge on any atom is 0.231 e. The van der Waals surface area contributed by atoms with Gasteiger partial charge >= 0.3 is 0 Å². The van der Waals surface area contributed by atoms with Crippen LogP contribution < -0.4 is 28.6 Å². The summed E-state index contributed by atoms with van der Waals surface area (Å²) < 4.78 is 27.6. The van der Waals surface area contributed by atoms with Crippen molar-refractivity contribution in [1.29, 1.82) is 0 Å². The third-order valence-corrected chi connectivity index (χ3v) is 7.09. The standard InChI is InChI=1S/C30H32N2O7/c1-35-21-7-5-20(6-8-21)32-13-11-31(12-14-32)18-23-24(33)10-9-22-28(34)25(39-29(22)23)15-19-16-26(36-2)30(38-4)27(17-19)37-3/h5-10,15-17,33H,11-14,18H2,1-4H3/b25-15+. The number of ether oxygens (including phenoxy) is 5. The summed E-state index contributed by atoms with van der Waals surface area (Å²) >= 11 is 0. The van der Waals surface area contributed by atoms with Gasteiger partial charge in [0.25, 0.3) is 0 Å². The van der Waals surface area contributed by atoms with E-state index in [-0.39, 0.29) is 17.3 Å². The van der Waals surface area contributed by atoms with Crippen molar-refractivity contribution in [3.63, 3.8) is 0 Å². The number of fused-ring (bicyclic) bond motifs is 1. The number of carbonyl (C=O) groups is 1. The highest BCUT2D eigenvalue weighted by atomic mass is 16.5. The van der Waals surface area contributed by atoms with Crippen molar-refractivity contribution >= 4 is 17.5 Å². The van der Waals surface area contributed by atoms with E-state index in [2.05, 4.69) is 21.9 Å². The van der Waals surface area contributed by atoms with Crippen molar-refractivity contribution in [2.75, 3.05) is 59.5 Å². The molecule has 3 aromatic rings. The zero-order valence-electron chi connectivity index (χ0n) is 22.5. The number of nitrogens with zero attached hydrogens (tertiary/aromatic N) is 2. The van der Waals surface area contributed by atoms with E-state index in [9.17, 15) is 9.90 Å². The Morgan fingerprint density at radius 3 is 2.13 bits per heavy atom. The molecule has 39 heavy (non-hydrogen) atoms. The molecule has 1 saturated heterocycles. The summed E-state index contributed by atoms with van der Waals surface area (Å²) in [5.41, 5.74) is 2.83. The SMILES string of the molecule is COc1ccc(N2CCN(Cc3c(O)ccc4c3O/C(=C/c3cc(OC)c(OC)c(OC)c3)C4=O)CC2)cc1. The zero-order valence-corrected chi connectivity index (χ0v) is 22.5. The summed E-state index contributed by atoms with van der Waals surface area (Å²) in [5.74, 6) is 2.66. The van der Waals surface area contributed by atoms with Crippen molar-refractivity contribution < 1.29 is 33.6 Å². The maximum absolute atomic E-state index is 13.2. The van der Waals surface area contributed by atoms with Crippen LogP contribution >= 0.6 is 0 Å². The van der Waals surface area contributed by atoms with Crippen LogP contribution in [0.15, 0.2) is 54.3 Å². The van der Waals surface area contributed by atoms with Crippen molar-refractivity contribution in [3.8, 4) is 34.5 Å². The van der Waals surface area contributed by atoms with Crippen LogP contribution in [-0.2, 0) is 6.54 Å². The van der Waals surface area contributed by atoms with Crippen LogP contribution in [0.5, 0.6) is 34.5 Å². The molecule has 0 unspecified atom stereocenters. The van der Waals surface area contributed by atoms with Crippen molar-refractivity contribution in [3.05, 3.63) is 71.0 Å². The van der Waals surface area contributed by atoms with Gasteiger partial charge in [-0.15, -0.1) is 0 Å². The molecule has 1 N–H and O–H groups in total. The van der Waals surface area contributed by atoms with Gasteiger partial charge in [-0.2, -0.15) is 0 Å². The second kappa shape index (κ2) is 11.2. The number of hydrogen-bond donors (Lipinski definition) is 1. The lowest BCUT2D eigenvalue weighted by molar-refractivity contribution is 0.101. The molecule has 9 heteroatoms. The molecule has 1 fully saturated rings. The average molecular weight is 533 g/mol. The van der Waals surface area contributed by atoms with Gasteiger partial charge in [0.2, 0.25) is 11.5 Å². The lowest BCUT2D eigenvalue weighted by atomic mass is 10.0. The Labute approximate surface area is 227 Å². The number of ketones is 1. The number of phenolic OH excluding ortho intramolecular Hbond substituents is 1. The molecule has 2 heterocycles. The van der Waals surface area contributed by atoms with E-state index >= 15 is 0 Å². The first-order valence-electron chi connectivity index (χ1n) is 12.7. The first-order chi connectivity index (χ1) is 18.9. The molecule has 5 rings (SSSR count). The average Bonchev–Trinajstić information content (AvgIpc) is 3.29. The summed E-state index contributed by atoms with van der Waals surface area (Å²) in [6.45, 7) is 3.76. The zero-order chi connectivity index (χ0) is 27.5. The van der Waals surface area contributed by atoms with E-state index in [1.165, 1.54) is 21.3 Å². The molecule has 0 radical (unpaired) electrons. The van der Waals surface area contributed by atoms with E-state index in [0.29, 0.717) is 46.2 Å². The molecule has 2 aliphatic heterocycles. The second-order valence-corrected chi connectivity index (χ2v) is 9.30. The summed E-state index contributed by atoms with van der Waals surface area (Å²) in [4.78, 5) is 17.8. The molecule has 9 nitrogen and oxygen atoms in total. The largest absolute Gasteiger partial charge is 0.507 e. The molecule has 0 bridgehead atoms. The molecule has 204 valence electrons. The number of carbonyl (C=O) groups excluding carboxylic acids is 1. The van der Waals surface area contributed by atoms with Crippen LogP contribution in [0.1, 0.15) is 21.5 Å². The fraction of sp³-hybridized carbons (Fsp3) is 0.300. The molecule has 0 saturated carbocycles. The number of benzene rings is 3. The van der Waals surface area contributed by atoms with Gasteiger partial charge in [0.05, 0.1) is 39.6 Å². The Kier molecular flexibility index (Phi) is 7.51. The summed E-state index contributed by atoms with van der Waals surface area (Å²) in [6.07, 6.45) is 1.64. The summed E-state index contributed by atoms with van der Waals surface area (Å²) in [7, 11) is 6.26. The predicted molar refractivity (Wildman–Crippen MR) is 148 cm³/mol. The Morgan fingerprint density at radius 1 is 0.872 bits per heavy atom. The van der Waals surface area contributed by atoms with Gasteiger partial charge in [-0.1, -0.05) is 0 Å². The van der Waals surface area contributed by atoms with Gasteiger partial charge in [-0.25, -0.2) is 0 Å². The minimum atomic E-state index is -0.246. The van der Waals surface area contributed by atoms with Gasteiger partial charge in [0.1, 0.15) is 17.2 Å². The van der Waals surface area contributed by atoms with Gasteiger partial charge < -0.3 is 33.7 Å². The summed E-state index contributed by atoms with van der Waals surface area (Å²) in [5, 5.41) is 10.7. The number of methoxy groups -OCH3 is 4. The quantitative estimate of drug-likeness (QED) is 0.425. The Bertz CT molecular complexity index is 1370. The number of hydrogen-bond acceptors (Lipinski definition) is 9. The first-order valence-corrected chi connectivity index (χ1v) is 12.7. The van der Waals surface area contributed by atoms with Gasteiger partial charge in [-0.05, 0) is 60.2 Å². The van der Waals surface area contributed by atoms with Gasteiger partial charge in [0, 0.05) is 38.4 Å². The van der Waals surface area contributed by atoms with Gasteiger partial charge in [0.15, 0.2) is 17.3 Å². The van der Waals surface area contributed by atoms with Crippen LogP contribution in [0.25, 0.3) is 6.08 Å². The van der Waals surface area contributed by atoms with Crippen molar-refractivity contribution in [2.45, 2.75) is 6.54 Å². The molecule has 0 aliphatic carbocycles. The number of anilines is 1. The fourth-order valence-corrected chi connectivity index (χ4v) is 4.97. The van der Waals surface area contributed by atoms with E-state index in [4.69, 9.17) is 23.7 Å². The van der Waals surface area contributed by atoms with Crippen molar-refractivity contribution in [2.24, 2.45) is 0 Å². The number of piperazine rings is 1. The van der Waals surface area contributed by atoms with Gasteiger partial charge in [-0.3, -0.25) is 9.69 Å². The number of allylic oxidation sites excluding steroid dienone is 1. The Hall–Kier alpha value is -4.37. The van der Waals surface area contributed by atoms with E-state index < -0.39 is 0 Å². The second-order valence-electron chi connectivity index (χ2n) is 9.30. The Balaban J connectivity index is 1.34. The van der Waals surface area contributed by atoms with Crippen LogP contribution in [0.4, 0.5) is 5.69 Å². The normalized spacial score (nSPS) is 16.2. The fourth-order valence-electron chi connectivity index (χ4n) is 4.97. The highest BCUT2D eigenvalue weighted by Gasteiger charge is 2.32. The highest BCUT2D eigenvalue weighted by Crippen LogP contribution is 2.42. The molecule has 2 aliphatic rings. The third kappa shape index (κ3) is 5.18. The Morgan fingerprint density at radius 2 is 1.54 bits per heavy atom. The lowest BCUT2D eigenvalue weighted by Gasteiger charge is -2.36. The van der Waals surface area contributed by atoms with Crippen LogP contribution in [0, 0.1) is 0 Å². The third-order valence-electron chi connectivity index (χ3n) is 7.09. The first kappa shape index (κ1) is 26.2. The smallest absolute Gasteiger partial charge is 0.231 e. The monoisotopic (exact) mass is 532 g/mol. The topological polar surface area (TPSA) is 89.9 Å². The van der Waals surface area contributed by atoms with E-state index in [0.717, 1.165) is 37.6 Å². The molecule has 0 amide bonds. The molecule has 0 atom stereocenters. The highest BCUT2D eigenvalue weighted by molar-refractivity contribution is 6.15. The molecule has 3 aromatic carbocycles. The molecular weight excluding hydrogens is 500 g/mol. The minimum Gasteiger partial charge on any atom is -0.507 e. The number of rotatable bonds is 8. The number of Topliss-reactive ketones (excluding diaryl/α,β-unsaturated/α-hetero) is 1. The van der Waals surface area contributed by atoms with E-state index in [1.807, 2.05) is 12.1 Å². The van der Waals surface area contributed by atoms with E-state index in [1.54, 1.807) is 37.5 Å². The molecule has 0 spiro atoms. The maximum atomic E-state index is 13.2. The minimum absolute atomic E-state index is 0.105. The van der Waals surface area contributed by atoms with Crippen LogP contribution in [0.2, 0.25) is 0 Å². The van der Waals surface area contributed by atoms with Crippen LogP contribution in [0.3, 0.4) is 0 Å². The number of aromatic hydroxyl groups is 1. The van der Waals surface area contributed by atoms with Crippen molar-refractivity contribution in [1.82, 2.24) is 4.90 Å². The lowest BCUT2D eigenvalue weighted by Crippen LogP contribution is -2.46. The number of phenols is 1. The van der Waals surface area contributed by atoms with Crippen LogP contribution in [-0.4, -0.2) is 70.4 Å².